The number of anilines is 2. The van der Waals surface area contributed by atoms with Crippen molar-refractivity contribution < 1.29 is 23.9 Å². The molecular weight excluding hydrogens is 731 g/mol. The predicted molar refractivity (Wildman–Crippen MR) is 218 cm³/mol. The zero-order valence-corrected chi connectivity index (χ0v) is 32.4. The lowest BCUT2D eigenvalue weighted by atomic mass is 10.0. The van der Waals surface area contributed by atoms with Gasteiger partial charge in [-0.3, -0.25) is 19.3 Å². The van der Waals surface area contributed by atoms with Gasteiger partial charge in [0.2, 0.25) is 5.91 Å². The van der Waals surface area contributed by atoms with E-state index in [2.05, 4.69) is 39.1 Å². The molecule has 1 aliphatic heterocycles. The van der Waals surface area contributed by atoms with Crippen LogP contribution in [0.15, 0.2) is 114 Å². The number of hydrogen-bond donors (Lipinski definition) is 3. The maximum Gasteiger partial charge on any atom is 0.272 e. The molecule has 0 saturated carbocycles. The quantitative estimate of drug-likeness (QED) is 0.0762. The summed E-state index contributed by atoms with van der Waals surface area (Å²) in [7, 11) is 3.02. The number of methoxy groups -OCH3 is 2. The van der Waals surface area contributed by atoms with E-state index in [0.717, 1.165) is 41.4 Å². The summed E-state index contributed by atoms with van der Waals surface area (Å²) >= 11 is 2.85. The number of hydrogen-bond acceptors (Lipinski definition) is 9. The maximum atomic E-state index is 13.8. The van der Waals surface area contributed by atoms with E-state index in [9.17, 15) is 19.6 Å². The Morgan fingerprint density at radius 2 is 1.69 bits per heavy atom. The van der Waals surface area contributed by atoms with Crippen LogP contribution in [-0.4, -0.2) is 48.6 Å². The lowest BCUT2D eigenvalue weighted by molar-refractivity contribution is -0.116. The van der Waals surface area contributed by atoms with Gasteiger partial charge < -0.3 is 25.4 Å². The zero-order chi connectivity index (χ0) is 38.7. The van der Waals surface area contributed by atoms with Crippen LogP contribution in [0.2, 0.25) is 0 Å². The number of nitrogens with one attached hydrogen (secondary N) is 3. The summed E-state index contributed by atoms with van der Waals surface area (Å²) in [5.74, 6) is -0.340. The van der Waals surface area contributed by atoms with Crippen molar-refractivity contribution in [3.05, 3.63) is 142 Å². The van der Waals surface area contributed by atoms with E-state index in [4.69, 9.17) is 9.47 Å². The molecule has 1 aliphatic rings. The number of fused-ring (bicyclic) bond motifs is 1. The molecule has 12 heteroatoms. The molecule has 1 aromatic heterocycles. The fourth-order valence-electron chi connectivity index (χ4n) is 6.29. The van der Waals surface area contributed by atoms with Crippen molar-refractivity contribution in [2.45, 2.75) is 43.0 Å². The topological polar surface area (TPSA) is 133 Å². The molecule has 3 amide bonds. The molecule has 0 fully saturated rings. The van der Waals surface area contributed by atoms with Crippen molar-refractivity contribution in [2.75, 3.05) is 31.4 Å². The molecule has 55 heavy (non-hydrogen) atoms. The van der Waals surface area contributed by atoms with Crippen LogP contribution in [0.4, 0.5) is 10.7 Å². The van der Waals surface area contributed by atoms with Gasteiger partial charge in [-0.15, -0.1) is 23.1 Å². The first-order valence-electron chi connectivity index (χ1n) is 17.8. The van der Waals surface area contributed by atoms with Gasteiger partial charge in [0.15, 0.2) is 11.5 Å². The van der Waals surface area contributed by atoms with Gasteiger partial charge in [0.1, 0.15) is 16.8 Å². The van der Waals surface area contributed by atoms with Crippen LogP contribution in [-0.2, 0) is 29.1 Å². The molecule has 0 spiro atoms. The number of nitrogens with zero attached hydrogens (tertiary/aromatic N) is 2. The number of carbonyl (C=O) groups excluding carboxylic acids is 3. The number of carbonyl (C=O) groups is 3. The highest BCUT2D eigenvalue weighted by Crippen LogP contribution is 2.38. The van der Waals surface area contributed by atoms with Crippen LogP contribution >= 0.6 is 23.1 Å². The van der Waals surface area contributed by atoms with Gasteiger partial charge in [-0.25, -0.2) is 0 Å². The summed E-state index contributed by atoms with van der Waals surface area (Å²) in [6, 6.07) is 33.7. The standard InChI is InChI=1S/C43H41N5O5S2/c1-4-37(42(51)47-43-34(25-44)33-21-22-48(27-38(33)55-43)26-28-13-7-5-8-14-28)54-32-19-12-18-31(24-32)45-41(50)35(46-40(49)29-15-9-6-10-16-29)23-30-17-11-20-36(52-2)39(30)53-3/h5-20,23-24,37H,4,21-22,26-27H2,1-3H3,(H,45,50)(H,46,49)(H,47,51)/b35-23+. The van der Waals surface area contributed by atoms with E-state index in [1.165, 1.54) is 49.0 Å². The summed E-state index contributed by atoms with van der Waals surface area (Å²) < 4.78 is 11.0. The number of rotatable bonds is 14. The Kier molecular flexibility index (Phi) is 13.0. The average Bonchev–Trinajstić information content (AvgIpc) is 3.56. The second kappa shape index (κ2) is 18.4. The summed E-state index contributed by atoms with van der Waals surface area (Å²) in [5, 5.41) is 18.9. The van der Waals surface area contributed by atoms with Gasteiger partial charge in [-0.05, 0) is 66.4 Å². The van der Waals surface area contributed by atoms with E-state index in [1.54, 1.807) is 66.7 Å². The van der Waals surface area contributed by atoms with E-state index in [1.807, 2.05) is 31.2 Å². The normalized spacial score (nSPS) is 13.2. The van der Waals surface area contributed by atoms with E-state index in [-0.39, 0.29) is 11.6 Å². The Hall–Kier alpha value is -5.87. The molecule has 0 radical (unpaired) electrons. The monoisotopic (exact) mass is 771 g/mol. The number of para-hydroxylation sites is 1. The lowest BCUT2D eigenvalue weighted by Gasteiger charge is -2.26. The fraction of sp³-hybridized carbons (Fsp3) is 0.209. The predicted octanol–water partition coefficient (Wildman–Crippen LogP) is 8.11. The fourth-order valence-corrected chi connectivity index (χ4v) is 8.54. The third-order valence-corrected chi connectivity index (χ3v) is 11.5. The summed E-state index contributed by atoms with van der Waals surface area (Å²) in [6.07, 6.45) is 2.82. The largest absolute Gasteiger partial charge is 0.493 e. The zero-order valence-electron chi connectivity index (χ0n) is 30.8. The van der Waals surface area contributed by atoms with E-state index < -0.39 is 17.1 Å². The minimum atomic E-state index is -0.561. The molecule has 6 rings (SSSR count). The third-order valence-electron chi connectivity index (χ3n) is 9.03. The smallest absolute Gasteiger partial charge is 0.272 e. The van der Waals surface area contributed by atoms with Crippen LogP contribution in [0.1, 0.15) is 50.8 Å². The molecule has 1 atom stereocenters. The number of thioether (sulfide) groups is 1. The summed E-state index contributed by atoms with van der Waals surface area (Å²) in [4.78, 5) is 45.0. The number of ether oxygens (including phenoxy) is 2. The first-order chi connectivity index (χ1) is 26.8. The SMILES string of the molecule is CCC(Sc1cccc(NC(=O)/C(=C\c2cccc(OC)c2OC)NC(=O)c2ccccc2)c1)C(=O)Nc1sc2c(c1C#N)CCN(Cc1ccccc1)C2. The molecule has 10 nitrogen and oxygen atoms in total. The van der Waals surface area contributed by atoms with Crippen molar-refractivity contribution in [1.29, 1.82) is 5.26 Å². The van der Waals surface area contributed by atoms with E-state index in [0.29, 0.717) is 45.3 Å². The minimum Gasteiger partial charge on any atom is -0.493 e. The molecule has 0 bridgehead atoms. The molecule has 0 saturated heterocycles. The van der Waals surface area contributed by atoms with Crippen LogP contribution in [0.3, 0.4) is 0 Å². The summed E-state index contributed by atoms with van der Waals surface area (Å²) in [5.41, 5.74) is 4.18. The van der Waals surface area contributed by atoms with E-state index >= 15 is 0 Å². The van der Waals surface area contributed by atoms with Crippen molar-refractivity contribution >= 4 is 57.6 Å². The second-order valence-corrected chi connectivity index (χ2v) is 15.1. The molecule has 4 aromatic carbocycles. The van der Waals surface area contributed by atoms with Gasteiger partial charge in [0, 0.05) is 46.2 Å². The van der Waals surface area contributed by atoms with Crippen molar-refractivity contribution in [3.63, 3.8) is 0 Å². The molecule has 2 heterocycles. The average molecular weight is 772 g/mol. The Bertz CT molecular complexity index is 2230. The van der Waals surface area contributed by atoms with Gasteiger partial charge in [-0.1, -0.05) is 73.7 Å². The van der Waals surface area contributed by atoms with Crippen LogP contribution in [0.25, 0.3) is 6.08 Å². The number of nitriles is 1. The lowest BCUT2D eigenvalue weighted by Crippen LogP contribution is -2.30. The van der Waals surface area contributed by atoms with Gasteiger partial charge in [0.25, 0.3) is 11.8 Å². The third kappa shape index (κ3) is 9.63. The minimum absolute atomic E-state index is 0.0144. The maximum absolute atomic E-state index is 13.8. The highest BCUT2D eigenvalue weighted by atomic mass is 32.2. The van der Waals surface area contributed by atoms with Gasteiger partial charge in [0.05, 0.1) is 25.0 Å². The van der Waals surface area contributed by atoms with Crippen LogP contribution in [0.5, 0.6) is 11.5 Å². The second-order valence-electron chi connectivity index (χ2n) is 12.7. The molecule has 0 aliphatic carbocycles. The van der Waals surface area contributed by atoms with Crippen LogP contribution in [0, 0.1) is 11.3 Å². The highest BCUT2D eigenvalue weighted by Gasteiger charge is 2.27. The first-order valence-corrected chi connectivity index (χ1v) is 19.5. The molecular formula is C43H41N5O5S2. The molecule has 5 aromatic rings. The highest BCUT2D eigenvalue weighted by molar-refractivity contribution is 8.00. The van der Waals surface area contributed by atoms with Crippen LogP contribution < -0.4 is 25.4 Å². The summed E-state index contributed by atoms with van der Waals surface area (Å²) in [6.45, 7) is 4.33. The molecule has 3 N–H and O–H groups in total. The van der Waals surface area contributed by atoms with Crippen molar-refractivity contribution in [2.24, 2.45) is 0 Å². The Morgan fingerprint density at radius 3 is 2.40 bits per heavy atom. The number of thiophene rings is 1. The Balaban J connectivity index is 1.16. The van der Waals surface area contributed by atoms with Crippen molar-refractivity contribution in [3.8, 4) is 17.6 Å². The number of benzene rings is 4. The first kappa shape index (κ1) is 38.8. The van der Waals surface area contributed by atoms with Gasteiger partial charge >= 0.3 is 0 Å². The van der Waals surface area contributed by atoms with Crippen molar-refractivity contribution in [1.82, 2.24) is 10.2 Å². The van der Waals surface area contributed by atoms with Gasteiger partial charge in [-0.2, -0.15) is 5.26 Å². The molecule has 1 unspecified atom stereocenters. The Morgan fingerprint density at radius 1 is 0.945 bits per heavy atom. The molecule has 280 valence electrons. The Labute approximate surface area is 329 Å². The number of amides is 3.